The van der Waals surface area contributed by atoms with Gasteiger partial charge in [-0.1, -0.05) is 90.0 Å². The number of carboxylic acids is 1. The molecule has 0 radical (unpaired) electrons. The molecule has 0 spiro atoms. The molecule has 0 aliphatic heterocycles. The van der Waals surface area contributed by atoms with E-state index in [0.29, 0.717) is 13.1 Å². The number of aliphatic carboxylic acids is 1. The fourth-order valence-corrected chi connectivity index (χ4v) is 2.75. The van der Waals surface area contributed by atoms with Crippen LogP contribution in [-0.2, 0) is 4.79 Å². The van der Waals surface area contributed by atoms with Crippen molar-refractivity contribution in [3.05, 3.63) is 12.2 Å². The molecule has 0 aliphatic carbocycles. The fraction of sp³-hybridized carbons (Fsp3) is 0.864. The van der Waals surface area contributed by atoms with Crippen LogP contribution in [0.4, 0.5) is 0 Å². The highest BCUT2D eigenvalue weighted by atomic mass is 16.4. The first-order valence-electron chi connectivity index (χ1n) is 11.0. The Balaban J connectivity index is 0. The SMILES string of the molecule is CCCCCCCCCCCCCCC/C=C/C(=O)O.OCCNCCO. The lowest BCUT2D eigenvalue weighted by atomic mass is 10.0. The first-order valence-corrected chi connectivity index (χ1v) is 11.0. The van der Waals surface area contributed by atoms with Crippen molar-refractivity contribution in [2.45, 2.75) is 96.8 Å². The highest BCUT2D eigenvalue weighted by Gasteiger charge is 1.93. The molecule has 0 heterocycles. The smallest absolute Gasteiger partial charge is 0.327 e. The molecule has 5 heteroatoms. The molecule has 0 bridgehead atoms. The molecule has 162 valence electrons. The minimum Gasteiger partial charge on any atom is -0.478 e. The van der Waals surface area contributed by atoms with E-state index < -0.39 is 5.97 Å². The van der Waals surface area contributed by atoms with Crippen LogP contribution in [0.5, 0.6) is 0 Å². The van der Waals surface area contributed by atoms with E-state index in [0.717, 1.165) is 12.8 Å². The zero-order valence-corrected chi connectivity index (χ0v) is 17.6. The van der Waals surface area contributed by atoms with Crippen LogP contribution in [0.15, 0.2) is 12.2 Å². The molecular weight excluding hydrogens is 342 g/mol. The number of carboxylic acid groups (broad SMARTS) is 1. The number of unbranched alkanes of at least 4 members (excludes halogenated alkanes) is 13. The van der Waals surface area contributed by atoms with Gasteiger partial charge < -0.3 is 20.6 Å². The van der Waals surface area contributed by atoms with Crippen LogP contribution in [0.2, 0.25) is 0 Å². The first-order chi connectivity index (χ1) is 13.2. The number of allylic oxidation sites excluding steroid dienone is 1. The number of carbonyl (C=O) groups is 1. The van der Waals surface area contributed by atoms with Gasteiger partial charge in [-0.15, -0.1) is 0 Å². The van der Waals surface area contributed by atoms with Gasteiger partial charge >= 0.3 is 5.97 Å². The van der Waals surface area contributed by atoms with Crippen LogP contribution < -0.4 is 5.32 Å². The molecule has 0 saturated heterocycles. The zero-order chi connectivity index (χ0) is 20.4. The molecule has 4 N–H and O–H groups in total. The summed E-state index contributed by atoms with van der Waals surface area (Å²) in [6.07, 6.45) is 21.6. The van der Waals surface area contributed by atoms with E-state index in [-0.39, 0.29) is 13.2 Å². The second-order valence-electron chi connectivity index (χ2n) is 6.97. The summed E-state index contributed by atoms with van der Waals surface area (Å²) in [5, 5.41) is 27.5. The van der Waals surface area contributed by atoms with Crippen LogP contribution in [-0.4, -0.2) is 47.6 Å². The Morgan fingerprint density at radius 3 is 1.52 bits per heavy atom. The van der Waals surface area contributed by atoms with Crippen LogP contribution in [0.3, 0.4) is 0 Å². The highest BCUT2D eigenvalue weighted by molar-refractivity contribution is 5.79. The Hall–Kier alpha value is -0.910. The molecule has 5 nitrogen and oxygen atoms in total. The van der Waals surface area contributed by atoms with Crippen molar-refractivity contribution in [2.75, 3.05) is 26.3 Å². The van der Waals surface area contributed by atoms with Crippen LogP contribution in [0.1, 0.15) is 96.8 Å². The van der Waals surface area contributed by atoms with Gasteiger partial charge in [0.1, 0.15) is 0 Å². The maximum absolute atomic E-state index is 10.2. The van der Waals surface area contributed by atoms with Crippen molar-refractivity contribution in [1.82, 2.24) is 5.32 Å². The molecule has 0 unspecified atom stereocenters. The average Bonchev–Trinajstić information content (AvgIpc) is 2.65. The molecule has 0 atom stereocenters. The van der Waals surface area contributed by atoms with Crippen molar-refractivity contribution >= 4 is 5.97 Å². The number of hydrogen-bond acceptors (Lipinski definition) is 4. The minimum absolute atomic E-state index is 0.139. The average molecular weight is 388 g/mol. The Morgan fingerprint density at radius 1 is 0.741 bits per heavy atom. The lowest BCUT2D eigenvalue weighted by Gasteiger charge is -2.02. The van der Waals surface area contributed by atoms with E-state index in [1.807, 2.05) is 0 Å². The Bertz CT molecular complexity index is 305. The van der Waals surface area contributed by atoms with Gasteiger partial charge in [0.25, 0.3) is 0 Å². The van der Waals surface area contributed by atoms with Crippen molar-refractivity contribution in [3.8, 4) is 0 Å². The Labute approximate surface area is 167 Å². The molecule has 0 saturated carbocycles. The monoisotopic (exact) mass is 387 g/mol. The summed E-state index contributed by atoms with van der Waals surface area (Å²) in [5.41, 5.74) is 0. The highest BCUT2D eigenvalue weighted by Crippen LogP contribution is 2.12. The lowest BCUT2D eigenvalue weighted by molar-refractivity contribution is -0.131. The van der Waals surface area contributed by atoms with Gasteiger partial charge in [0, 0.05) is 19.2 Å². The normalized spacial score (nSPS) is 10.8. The van der Waals surface area contributed by atoms with Crippen molar-refractivity contribution < 1.29 is 20.1 Å². The minimum atomic E-state index is -0.834. The summed E-state index contributed by atoms with van der Waals surface area (Å²) in [4.78, 5) is 10.2. The maximum Gasteiger partial charge on any atom is 0.327 e. The predicted molar refractivity (Wildman–Crippen MR) is 114 cm³/mol. The summed E-state index contributed by atoms with van der Waals surface area (Å²) in [6, 6.07) is 0. The summed E-state index contributed by atoms with van der Waals surface area (Å²) < 4.78 is 0. The topological polar surface area (TPSA) is 89.8 Å². The van der Waals surface area contributed by atoms with Gasteiger partial charge in [-0.3, -0.25) is 0 Å². The summed E-state index contributed by atoms with van der Waals surface area (Å²) in [6.45, 7) is 3.68. The molecule has 0 aromatic heterocycles. The fourth-order valence-electron chi connectivity index (χ4n) is 2.75. The third kappa shape index (κ3) is 33.1. The molecule has 27 heavy (non-hydrogen) atoms. The van der Waals surface area contributed by atoms with E-state index in [4.69, 9.17) is 15.3 Å². The van der Waals surface area contributed by atoms with Gasteiger partial charge in [-0.25, -0.2) is 4.79 Å². The first kappa shape index (κ1) is 28.3. The standard InChI is InChI=1S/C18H34O2.C4H11NO2/c1-2-3-4-5-6-7-8-9-10-11-12-13-14-15-16-17-18(19)20;6-3-1-5-2-4-7/h16-17H,2-15H2,1H3,(H,19,20);5-7H,1-4H2/b17-16+;. The van der Waals surface area contributed by atoms with Crippen LogP contribution in [0.25, 0.3) is 0 Å². The quantitative estimate of drug-likeness (QED) is 0.191. The zero-order valence-electron chi connectivity index (χ0n) is 17.6. The summed E-state index contributed by atoms with van der Waals surface area (Å²) >= 11 is 0. The number of aliphatic hydroxyl groups excluding tert-OH is 2. The van der Waals surface area contributed by atoms with Crippen molar-refractivity contribution in [3.63, 3.8) is 0 Å². The molecule has 0 aromatic carbocycles. The second-order valence-corrected chi connectivity index (χ2v) is 6.97. The van der Waals surface area contributed by atoms with Crippen LogP contribution in [0, 0.1) is 0 Å². The van der Waals surface area contributed by atoms with Gasteiger partial charge in [-0.05, 0) is 12.8 Å². The van der Waals surface area contributed by atoms with Gasteiger partial charge in [0.15, 0.2) is 0 Å². The molecule has 0 aromatic rings. The van der Waals surface area contributed by atoms with Gasteiger partial charge in [-0.2, -0.15) is 0 Å². The summed E-state index contributed by atoms with van der Waals surface area (Å²) in [5.74, 6) is -0.834. The molecule has 0 aliphatic rings. The predicted octanol–water partition coefficient (Wildman–Crippen LogP) is 4.67. The number of rotatable bonds is 19. The number of nitrogens with one attached hydrogen (secondary N) is 1. The van der Waals surface area contributed by atoms with E-state index in [1.54, 1.807) is 6.08 Å². The van der Waals surface area contributed by atoms with E-state index >= 15 is 0 Å². The summed E-state index contributed by atoms with van der Waals surface area (Å²) in [7, 11) is 0. The van der Waals surface area contributed by atoms with Gasteiger partial charge in [0.05, 0.1) is 13.2 Å². The van der Waals surface area contributed by atoms with E-state index in [2.05, 4.69) is 12.2 Å². The lowest BCUT2D eigenvalue weighted by Crippen LogP contribution is -2.21. The van der Waals surface area contributed by atoms with Crippen LogP contribution >= 0.6 is 0 Å². The third-order valence-corrected chi connectivity index (χ3v) is 4.31. The molecule has 0 rings (SSSR count). The molecular formula is C22H45NO4. The largest absolute Gasteiger partial charge is 0.478 e. The number of hydrogen-bond donors (Lipinski definition) is 4. The third-order valence-electron chi connectivity index (χ3n) is 4.31. The number of aliphatic hydroxyl groups is 2. The second kappa shape index (κ2) is 27.3. The van der Waals surface area contributed by atoms with Crippen molar-refractivity contribution in [2.24, 2.45) is 0 Å². The Kier molecular flexibility index (Phi) is 28.6. The molecule has 0 amide bonds. The van der Waals surface area contributed by atoms with E-state index in [9.17, 15) is 4.79 Å². The van der Waals surface area contributed by atoms with Gasteiger partial charge in [0.2, 0.25) is 0 Å². The molecule has 0 fully saturated rings. The van der Waals surface area contributed by atoms with Crippen molar-refractivity contribution in [1.29, 1.82) is 0 Å². The van der Waals surface area contributed by atoms with E-state index in [1.165, 1.54) is 83.1 Å². The maximum atomic E-state index is 10.2. The Morgan fingerprint density at radius 2 is 1.15 bits per heavy atom.